The quantitative estimate of drug-likeness (QED) is 0.896. The highest BCUT2D eigenvalue weighted by molar-refractivity contribution is 5.92. The van der Waals surface area contributed by atoms with Gasteiger partial charge in [-0.1, -0.05) is 13.8 Å². The molecular formula is C17H26N6O2. The third-order valence-electron chi connectivity index (χ3n) is 4.62. The number of carbonyl (C=O) groups is 1. The Morgan fingerprint density at radius 2 is 2.24 bits per heavy atom. The number of piperidine rings is 1. The molecule has 0 saturated carbocycles. The molecule has 0 aromatic carbocycles. The van der Waals surface area contributed by atoms with Crippen molar-refractivity contribution in [2.75, 3.05) is 13.7 Å². The molecule has 2 aromatic heterocycles. The molecule has 136 valence electrons. The number of aromatic nitrogens is 5. The first kappa shape index (κ1) is 17.6. The molecule has 0 radical (unpaired) electrons. The van der Waals surface area contributed by atoms with Crippen molar-refractivity contribution in [1.82, 2.24) is 29.9 Å². The van der Waals surface area contributed by atoms with Crippen LogP contribution < -0.4 is 0 Å². The van der Waals surface area contributed by atoms with Gasteiger partial charge in [0.2, 0.25) is 0 Å². The van der Waals surface area contributed by atoms with Crippen LogP contribution in [0.5, 0.6) is 0 Å². The summed E-state index contributed by atoms with van der Waals surface area (Å²) in [6, 6.07) is 1.78. The third-order valence-corrected chi connectivity index (χ3v) is 4.62. The van der Waals surface area contributed by atoms with E-state index in [-0.39, 0.29) is 11.9 Å². The van der Waals surface area contributed by atoms with Gasteiger partial charge in [0.15, 0.2) is 17.3 Å². The van der Waals surface area contributed by atoms with Crippen molar-refractivity contribution < 1.29 is 9.53 Å². The van der Waals surface area contributed by atoms with Crippen LogP contribution in [-0.2, 0) is 18.4 Å². The number of aromatic amines is 1. The average Bonchev–Trinajstić information content (AvgIpc) is 3.21. The van der Waals surface area contributed by atoms with Gasteiger partial charge in [-0.05, 0) is 31.2 Å². The maximum Gasteiger partial charge on any atom is 0.274 e. The van der Waals surface area contributed by atoms with E-state index >= 15 is 0 Å². The van der Waals surface area contributed by atoms with Crippen molar-refractivity contribution in [3.8, 4) is 0 Å². The SMILES string of the molecule is COCc1nc([C@H]2CCCCN2C(=O)c2cc(C(C)C)n(C)n2)n[nH]1. The largest absolute Gasteiger partial charge is 0.377 e. The minimum Gasteiger partial charge on any atom is -0.377 e. The lowest BCUT2D eigenvalue weighted by Crippen LogP contribution is -2.39. The number of aryl methyl sites for hydroxylation is 1. The van der Waals surface area contributed by atoms with Gasteiger partial charge in [0, 0.05) is 26.4 Å². The molecule has 1 N–H and O–H groups in total. The van der Waals surface area contributed by atoms with Gasteiger partial charge in [-0.25, -0.2) is 4.98 Å². The second-order valence-corrected chi connectivity index (χ2v) is 6.82. The van der Waals surface area contributed by atoms with Crippen molar-refractivity contribution in [1.29, 1.82) is 0 Å². The van der Waals surface area contributed by atoms with Gasteiger partial charge in [0.1, 0.15) is 6.61 Å². The van der Waals surface area contributed by atoms with Crippen LogP contribution in [0.15, 0.2) is 6.07 Å². The summed E-state index contributed by atoms with van der Waals surface area (Å²) in [4.78, 5) is 19.4. The fourth-order valence-electron chi connectivity index (χ4n) is 3.38. The summed E-state index contributed by atoms with van der Waals surface area (Å²) in [5, 5.41) is 11.6. The van der Waals surface area contributed by atoms with Crippen molar-refractivity contribution in [2.24, 2.45) is 7.05 Å². The summed E-state index contributed by atoms with van der Waals surface area (Å²) in [7, 11) is 3.50. The number of rotatable bonds is 5. The smallest absolute Gasteiger partial charge is 0.274 e. The van der Waals surface area contributed by atoms with Crippen LogP contribution in [-0.4, -0.2) is 49.4 Å². The molecule has 0 aliphatic carbocycles. The number of methoxy groups -OCH3 is 1. The normalized spacial score (nSPS) is 18.1. The molecule has 3 rings (SSSR count). The Morgan fingerprint density at radius 1 is 1.44 bits per heavy atom. The number of nitrogens with zero attached hydrogens (tertiary/aromatic N) is 5. The second kappa shape index (κ2) is 7.35. The molecule has 1 aliphatic rings. The van der Waals surface area contributed by atoms with Crippen LogP contribution in [0.4, 0.5) is 0 Å². The highest BCUT2D eigenvalue weighted by Crippen LogP contribution is 2.30. The van der Waals surface area contributed by atoms with E-state index < -0.39 is 0 Å². The molecule has 3 heterocycles. The van der Waals surface area contributed by atoms with Gasteiger partial charge < -0.3 is 9.64 Å². The van der Waals surface area contributed by atoms with Crippen molar-refractivity contribution in [3.63, 3.8) is 0 Å². The predicted molar refractivity (Wildman–Crippen MR) is 92.0 cm³/mol. The summed E-state index contributed by atoms with van der Waals surface area (Å²) in [6.45, 7) is 5.27. The molecule has 2 aromatic rings. The monoisotopic (exact) mass is 346 g/mol. The van der Waals surface area contributed by atoms with E-state index in [1.165, 1.54) is 0 Å². The van der Waals surface area contributed by atoms with Crippen molar-refractivity contribution in [2.45, 2.75) is 51.7 Å². The van der Waals surface area contributed by atoms with E-state index in [1.807, 2.05) is 18.0 Å². The van der Waals surface area contributed by atoms with Crippen molar-refractivity contribution in [3.05, 3.63) is 29.1 Å². The van der Waals surface area contributed by atoms with E-state index in [4.69, 9.17) is 4.74 Å². The molecule has 8 heteroatoms. The van der Waals surface area contributed by atoms with E-state index in [2.05, 4.69) is 34.1 Å². The number of hydrogen-bond acceptors (Lipinski definition) is 5. The molecule has 1 atom stereocenters. The minimum atomic E-state index is -0.118. The lowest BCUT2D eigenvalue weighted by Gasteiger charge is -2.33. The van der Waals surface area contributed by atoms with Gasteiger partial charge in [-0.2, -0.15) is 10.2 Å². The number of amides is 1. The molecule has 0 spiro atoms. The van der Waals surface area contributed by atoms with E-state index in [9.17, 15) is 4.79 Å². The molecule has 0 bridgehead atoms. The minimum absolute atomic E-state index is 0.0507. The van der Waals surface area contributed by atoms with Gasteiger partial charge in [-0.15, -0.1) is 0 Å². The Balaban J connectivity index is 1.84. The van der Waals surface area contributed by atoms with Crippen LogP contribution in [0.1, 0.15) is 72.9 Å². The van der Waals surface area contributed by atoms with Gasteiger partial charge in [0.05, 0.1) is 6.04 Å². The molecule has 25 heavy (non-hydrogen) atoms. The number of ether oxygens (including phenoxy) is 1. The first-order valence-corrected chi connectivity index (χ1v) is 8.76. The number of hydrogen-bond donors (Lipinski definition) is 1. The van der Waals surface area contributed by atoms with Crippen LogP contribution in [0.25, 0.3) is 0 Å². The van der Waals surface area contributed by atoms with Gasteiger partial charge >= 0.3 is 0 Å². The maximum atomic E-state index is 13.1. The fraction of sp³-hybridized carbons (Fsp3) is 0.647. The Labute approximate surface area is 147 Å². The van der Waals surface area contributed by atoms with Crippen LogP contribution >= 0.6 is 0 Å². The van der Waals surface area contributed by atoms with Gasteiger partial charge in [0.25, 0.3) is 5.91 Å². The number of nitrogens with one attached hydrogen (secondary N) is 1. The standard InChI is InChI=1S/C17H26N6O2/c1-11(2)14-9-12(21-22(14)3)17(24)23-8-6-5-7-13(23)16-18-15(10-25-4)19-20-16/h9,11,13H,5-8,10H2,1-4H3,(H,18,19,20)/t13-/m1/s1. The zero-order valence-electron chi connectivity index (χ0n) is 15.3. The number of H-pyrrole nitrogens is 1. The summed E-state index contributed by atoms with van der Waals surface area (Å²) >= 11 is 0. The molecule has 8 nitrogen and oxygen atoms in total. The Kier molecular flexibility index (Phi) is 5.17. The van der Waals surface area contributed by atoms with E-state index in [1.54, 1.807) is 11.8 Å². The van der Waals surface area contributed by atoms with Crippen LogP contribution in [0, 0.1) is 0 Å². The van der Waals surface area contributed by atoms with Crippen LogP contribution in [0.3, 0.4) is 0 Å². The average molecular weight is 346 g/mol. The molecule has 1 saturated heterocycles. The molecule has 1 amide bonds. The lowest BCUT2D eigenvalue weighted by atomic mass is 10.0. The molecule has 0 unspecified atom stereocenters. The summed E-state index contributed by atoms with van der Waals surface area (Å²) in [5.74, 6) is 1.60. The Bertz CT molecular complexity index is 735. The topological polar surface area (TPSA) is 88.9 Å². The predicted octanol–water partition coefficient (Wildman–Crippen LogP) is 2.18. The summed E-state index contributed by atoms with van der Waals surface area (Å²) < 4.78 is 6.88. The molecule has 1 aliphatic heterocycles. The van der Waals surface area contributed by atoms with E-state index in [0.717, 1.165) is 25.0 Å². The first-order valence-electron chi connectivity index (χ1n) is 8.76. The maximum absolute atomic E-state index is 13.1. The van der Waals surface area contributed by atoms with Crippen LogP contribution in [0.2, 0.25) is 0 Å². The van der Waals surface area contributed by atoms with Crippen molar-refractivity contribution >= 4 is 5.91 Å². The molecular weight excluding hydrogens is 320 g/mol. The summed E-state index contributed by atoms with van der Waals surface area (Å²) in [5.41, 5.74) is 1.54. The second-order valence-electron chi connectivity index (χ2n) is 6.82. The van der Waals surface area contributed by atoms with E-state index in [0.29, 0.717) is 36.4 Å². The zero-order chi connectivity index (χ0) is 18.0. The highest BCUT2D eigenvalue weighted by Gasteiger charge is 2.32. The Hall–Kier alpha value is -2.22. The highest BCUT2D eigenvalue weighted by atomic mass is 16.5. The zero-order valence-corrected chi connectivity index (χ0v) is 15.3. The third kappa shape index (κ3) is 3.58. The fourth-order valence-corrected chi connectivity index (χ4v) is 3.38. The number of likely N-dealkylation sites (tertiary alicyclic amines) is 1. The summed E-state index contributed by atoms with van der Waals surface area (Å²) in [6.07, 6.45) is 2.91. The Morgan fingerprint density at radius 3 is 2.92 bits per heavy atom. The van der Waals surface area contributed by atoms with Gasteiger partial charge in [-0.3, -0.25) is 14.6 Å². The first-order chi connectivity index (χ1) is 12.0. The lowest BCUT2D eigenvalue weighted by molar-refractivity contribution is 0.0593. The molecule has 1 fully saturated rings. The number of carbonyl (C=O) groups excluding carboxylic acids is 1.